The van der Waals surface area contributed by atoms with Crippen molar-refractivity contribution in [1.82, 2.24) is 20.0 Å². The average molecular weight is 334 g/mol. The van der Waals surface area contributed by atoms with Gasteiger partial charge in [0, 0.05) is 30.4 Å². The predicted molar refractivity (Wildman–Crippen MR) is 92.9 cm³/mol. The second-order valence-electron chi connectivity index (χ2n) is 7.90. The van der Waals surface area contributed by atoms with Crippen LogP contribution in [-0.2, 0) is 21.5 Å². The van der Waals surface area contributed by atoms with Crippen LogP contribution >= 0.6 is 0 Å². The SMILES string of the molecule is C[C@H](N[C@H]1CCCc2c1cnn2C(C)(C)C)C(=O)N1CCOCC1. The highest BCUT2D eigenvalue weighted by atomic mass is 16.5. The lowest BCUT2D eigenvalue weighted by atomic mass is 9.91. The number of hydrogen-bond donors (Lipinski definition) is 1. The molecule has 1 aromatic rings. The molecule has 1 aromatic heterocycles. The Morgan fingerprint density at radius 1 is 1.38 bits per heavy atom. The molecular formula is C18H30N4O2. The van der Waals surface area contributed by atoms with Gasteiger partial charge in [-0.15, -0.1) is 0 Å². The van der Waals surface area contributed by atoms with Crippen molar-refractivity contribution in [2.45, 2.75) is 64.6 Å². The third-order valence-corrected chi connectivity index (χ3v) is 4.96. The number of ether oxygens (including phenoxy) is 1. The van der Waals surface area contributed by atoms with Crippen LogP contribution in [0.2, 0.25) is 0 Å². The standard InChI is InChI=1S/C18H30N4O2/c1-13(17(23)21-8-10-24-11-9-21)20-15-6-5-7-16-14(15)12-19-22(16)18(2,3)4/h12-13,15,20H,5-11H2,1-4H3/t13-,15-/m0/s1. The number of hydrogen-bond acceptors (Lipinski definition) is 4. The summed E-state index contributed by atoms with van der Waals surface area (Å²) in [6.45, 7) is 11.2. The van der Waals surface area contributed by atoms with Crippen molar-refractivity contribution in [2.75, 3.05) is 26.3 Å². The molecule has 0 bridgehead atoms. The van der Waals surface area contributed by atoms with Gasteiger partial charge in [0.25, 0.3) is 0 Å². The van der Waals surface area contributed by atoms with E-state index in [1.165, 1.54) is 11.3 Å². The van der Waals surface area contributed by atoms with E-state index in [0.29, 0.717) is 26.3 Å². The molecule has 2 atom stereocenters. The summed E-state index contributed by atoms with van der Waals surface area (Å²) >= 11 is 0. The van der Waals surface area contributed by atoms with Gasteiger partial charge in [0.2, 0.25) is 5.91 Å². The van der Waals surface area contributed by atoms with Gasteiger partial charge in [-0.2, -0.15) is 5.10 Å². The summed E-state index contributed by atoms with van der Waals surface area (Å²) in [5.41, 5.74) is 2.57. The zero-order chi connectivity index (χ0) is 17.3. The highest BCUT2D eigenvalue weighted by Crippen LogP contribution is 2.32. The van der Waals surface area contributed by atoms with Crippen molar-refractivity contribution in [3.8, 4) is 0 Å². The summed E-state index contributed by atoms with van der Waals surface area (Å²) in [4.78, 5) is 14.5. The molecule has 1 N–H and O–H groups in total. The van der Waals surface area contributed by atoms with E-state index >= 15 is 0 Å². The number of nitrogens with zero attached hydrogens (tertiary/aromatic N) is 3. The van der Waals surface area contributed by atoms with Crippen LogP contribution < -0.4 is 5.32 Å². The van der Waals surface area contributed by atoms with Crippen LogP contribution in [0.25, 0.3) is 0 Å². The van der Waals surface area contributed by atoms with Crippen LogP contribution in [0, 0.1) is 0 Å². The Hall–Kier alpha value is -1.40. The highest BCUT2D eigenvalue weighted by Gasteiger charge is 2.31. The Morgan fingerprint density at radius 2 is 2.08 bits per heavy atom. The first kappa shape index (κ1) is 17.4. The van der Waals surface area contributed by atoms with Crippen molar-refractivity contribution >= 4 is 5.91 Å². The zero-order valence-electron chi connectivity index (χ0n) is 15.3. The third kappa shape index (κ3) is 3.49. The number of carbonyl (C=O) groups is 1. The summed E-state index contributed by atoms with van der Waals surface area (Å²) in [7, 11) is 0. The maximum atomic E-state index is 12.6. The largest absolute Gasteiger partial charge is 0.378 e. The molecular weight excluding hydrogens is 304 g/mol. The summed E-state index contributed by atoms with van der Waals surface area (Å²) < 4.78 is 7.48. The van der Waals surface area contributed by atoms with Crippen molar-refractivity contribution in [2.24, 2.45) is 0 Å². The molecule has 1 aliphatic carbocycles. The lowest BCUT2D eigenvalue weighted by molar-refractivity contribution is -0.137. The van der Waals surface area contributed by atoms with Gasteiger partial charge >= 0.3 is 0 Å². The first-order valence-electron chi connectivity index (χ1n) is 9.08. The van der Waals surface area contributed by atoms with Crippen molar-refractivity contribution in [1.29, 1.82) is 0 Å². The molecule has 1 saturated heterocycles. The van der Waals surface area contributed by atoms with E-state index in [0.717, 1.165) is 19.3 Å². The van der Waals surface area contributed by atoms with E-state index in [-0.39, 0.29) is 23.5 Å². The number of fused-ring (bicyclic) bond motifs is 1. The van der Waals surface area contributed by atoms with Gasteiger partial charge in [-0.3, -0.25) is 14.8 Å². The molecule has 0 unspecified atom stereocenters. The Morgan fingerprint density at radius 3 is 2.75 bits per heavy atom. The molecule has 0 radical (unpaired) electrons. The summed E-state index contributed by atoms with van der Waals surface area (Å²) in [5.74, 6) is 0.175. The topological polar surface area (TPSA) is 59.4 Å². The molecule has 1 fully saturated rings. The Balaban J connectivity index is 1.71. The number of carbonyl (C=O) groups excluding carboxylic acids is 1. The van der Waals surface area contributed by atoms with Crippen LogP contribution in [0.4, 0.5) is 0 Å². The minimum atomic E-state index is -0.183. The fraction of sp³-hybridized carbons (Fsp3) is 0.778. The molecule has 1 amide bonds. The van der Waals surface area contributed by atoms with Gasteiger partial charge in [-0.05, 0) is 47.0 Å². The minimum absolute atomic E-state index is 0.00922. The first-order chi connectivity index (χ1) is 11.4. The number of aromatic nitrogens is 2. The quantitative estimate of drug-likeness (QED) is 0.916. The maximum Gasteiger partial charge on any atom is 0.239 e. The molecule has 134 valence electrons. The van der Waals surface area contributed by atoms with Gasteiger partial charge < -0.3 is 9.64 Å². The molecule has 1 aliphatic heterocycles. The van der Waals surface area contributed by atoms with E-state index in [1.54, 1.807) is 0 Å². The molecule has 3 rings (SSSR count). The molecule has 24 heavy (non-hydrogen) atoms. The molecule has 6 nitrogen and oxygen atoms in total. The molecule has 0 spiro atoms. The third-order valence-electron chi connectivity index (χ3n) is 4.96. The second kappa shape index (κ2) is 6.84. The fourth-order valence-electron chi connectivity index (χ4n) is 3.74. The van der Waals surface area contributed by atoms with E-state index in [4.69, 9.17) is 4.74 Å². The molecule has 2 aliphatic rings. The van der Waals surface area contributed by atoms with Crippen molar-refractivity contribution in [3.63, 3.8) is 0 Å². The van der Waals surface area contributed by atoms with Crippen LogP contribution in [0.15, 0.2) is 6.20 Å². The monoisotopic (exact) mass is 334 g/mol. The molecule has 0 saturated carbocycles. The number of rotatable bonds is 3. The van der Waals surface area contributed by atoms with Gasteiger partial charge in [0.1, 0.15) is 0 Å². The Labute approximate surface area is 144 Å². The van der Waals surface area contributed by atoms with E-state index < -0.39 is 0 Å². The zero-order valence-corrected chi connectivity index (χ0v) is 15.3. The minimum Gasteiger partial charge on any atom is -0.378 e. The predicted octanol–water partition coefficient (Wildman–Crippen LogP) is 1.85. The van der Waals surface area contributed by atoms with E-state index in [2.05, 4.69) is 35.9 Å². The fourth-order valence-corrected chi connectivity index (χ4v) is 3.74. The van der Waals surface area contributed by atoms with Crippen molar-refractivity contribution in [3.05, 3.63) is 17.5 Å². The summed E-state index contributed by atoms with van der Waals surface area (Å²) in [6.07, 6.45) is 5.24. The molecule has 6 heteroatoms. The lowest BCUT2D eigenvalue weighted by Gasteiger charge is -2.33. The van der Waals surface area contributed by atoms with E-state index in [9.17, 15) is 4.79 Å². The lowest BCUT2D eigenvalue weighted by Crippen LogP contribution is -2.50. The summed E-state index contributed by atoms with van der Waals surface area (Å²) in [5, 5.41) is 8.18. The number of nitrogens with one attached hydrogen (secondary N) is 1. The second-order valence-corrected chi connectivity index (χ2v) is 7.90. The Kier molecular flexibility index (Phi) is 4.97. The first-order valence-corrected chi connectivity index (χ1v) is 9.08. The van der Waals surface area contributed by atoms with Crippen LogP contribution in [0.5, 0.6) is 0 Å². The molecule has 2 heterocycles. The smallest absolute Gasteiger partial charge is 0.239 e. The van der Waals surface area contributed by atoms with Gasteiger partial charge in [0.15, 0.2) is 0 Å². The molecule has 0 aromatic carbocycles. The van der Waals surface area contributed by atoms with Gasteiger partial charge in [0.05, 0.1) is 31.0 Å². The van der Waals surface area contributed by atoms with Crippen molar-refractivity contribution < 1.29 is 9.53 Å². The van der Waals surface area contributed by atoms with Crippen LogP contribution in [0.1, 0.15) is 57.8 Å². The van der Waals surface area contributed by atoms with Gasteiger partial charge in [-0.25, -0.2) is 0 Å². The van der Waals surface area contributed by atoms with Crippen LogP contribution in [0.3, 0.4) is 0 Å². The maximum absolute atomic E-state index is 12.6. The van der Waals surface area contributed by atoms with Gasteiger partial charge in [-0.1, -0.05) is 0 Å². The Bertz CT molecular complexity index is 584. The number of amides is 1. The summed E-state index contributed by atoms with van der Waals surface area (Å²) in [6, 6.07) is 0.0295. The average Bonchev–Trinajstić information content (AvgIpc) is 3.00. The van der Waals surface area contributed by atoms with Crippen LogP contribution in [-0.4, -0.2) is 52.9 Å². The normalized spacial score (nSPS) is 23.0. The van der Waals surface area contributed by atoms with E-state index in [1.807, 2.05) is 18.0 Å². The number of morpholine rings is 1. The highest BCUT2D eigenvalue weighted by molar-refractivity contribution is 5.81.